The molecular formula is C17H21FN2O2S. The van der Waals surface area contributed by atoms with Crippen molar-refractivity contribution in [3.05, 3.63) is 51.7 Å². The summed E-state index contributed by atoms with van der Waals surface area (Å²) in [7, 11) is 0. The van der Waals surface area contributed by atoms with E-state index in [0.717, 1.165) is 10.7 Å². The summed E-state index contributed by atoms with van der Waals surface area (Å²) in [5.41, 5.74) is 1.37. The number of aromatic nitrogens is 1. The molecule has 1 unspecified atom stereocenters. The number of carbonyl (C=O) groups is 1. The molecular weight excluding hydrogens is 315 g/mol. The monoisotopic (exact) mass is 336 g/mol. The summed E-state index contributed by atoms with van der Waals surface area (Å²) < 4.78 is 13.1. The Morgan fingerprint density at radius 2 is 2.22 bits per heavy atom. The number of hydrogen-bond acceptors (Lipinski definition) is 4. The molecule has 4 nitrogen and oxygen atoms in total. The summed E-state index contributed by atoms with van der Waals surface area (Å²) in [5, 5.41) is 15.8. The van der Waals surface area contributed by atoms with Gasteiger partial charge in [0.05, 0.1) is 23.2 Å². The SMILES string of the molecule is CC(C)c1nc(CCNC(=O)CC(O)c2cccc(F)c2)cs1. The molecule has 23 heavy (non-hydrogen) atoms. The van der Waals surface area contributed by atoms with Crippen LogP contribution in [-0.2, 0) is 11.2 Å². The topological polar surface area (TPSA) is 62.2 Å². The maximum Gasteiger partial charge on any atom is 0.222 e. The Bertz CT molecular complexity index is 658. The Balaban J connectivity index is 1.76. The van der Waals surface area contributed by atoms with E-state index in [1.54, 1.807) is 17.4 Å². The Labute approximate surface area is 139 Å². The number of nitrogens with zero attached hydrogens (tertiary/aromatic N) is 1. The third kappa shape index (κ3) is 5.41. The number of carbonyl (C=O) groups excluding carboxylic acids is 1. The lowest BCUT2D eigenvalue weighted by molar-refractivity contribution is -0.123. The van der Waals surface area contributed by atoms with Crippen molar-refractivity contribution in [2.75, 3.05) is 6.54 Å². The summed E-state index contributed by atoms with van der Waals surface area (Å²) in [5.74, 6) is -0.280. The molecule has 1 atom stereocenters. The van der Waals surface area contributed by atoms with Crippen LogP contribution >= 0.6 is 11.3 Å². The molecule has 1 aromatic heterocycles. The summed E-state index contributed by atoms with van der Waals surface area (Å²) in [4.78, 5) is 16.3. The molecule has 1 amide bonds. The van der Waals surface area contributed by atoms with E-state index in [1.165, 1.54) is 18.2 Å². The predicted octanol–water partition coefficient (Wildman–Crippen LogP) is 3.19. The minimum Gasteiger partial charge on any atom is -0.388 e. The Hall–Kier alpha value is -1.79. The average Bonchev–Trinajstić information content (AvgIpc) is 2.96. The smallest absolute Gasteiger partial charge is 0.222 e. The van der Waals surface area contributed by atoms with Crippen molar-refractivity contribution in [2.24, 2.45) is 0 Å². The quantitative estimate of drug-likeness (QED) is 0.816. The highest BCUT2D eigenvalue weighted by molar-refractivity contribution is 7.09. The summed E-state index contributed by atoms with van der Waals surface area (Å²) in [6.45, 7) is 4.66. The average molecular weight is 336 g/mol. The fourth-order valence-corrected chi connectivity index (χ4v) is 2.98. The van der Waals surface area contributed by atoms with E-state index in [0.29, 0.717) is 24.4 Å². The molecule has 0 bridgehead atoms. The fraction of sp³-hybridized carbons (Fsp3) is 0.412. The normalized spacial score (nSPS) is 12.4. The molecule has 0 aliphatic rings. The molecule has 2 rings (SSSR count). The molecule has 0 saturated carbocycles. The maximum atomic E-state index is 13.1. The van der Waals surface area contributed by atoms with Gasteiger partial charge < -0.3 is 10.4 Å². The standard InChI is InChI=1S/C17H21FN2O2S/c1-11(2)17-20-14(10-23-17)6-7-19-16(22)9-15(21)12-4-3-5-13(18)8-12/h3-5,8,10-11,15,21H,6-7,9H2,1-2H3,(H,19,22). The van der Waals surface area contributed by atoms with E-state index in [2.05, 4.69) is 24.1 Å². The van der Waals surface area contributed by atoms with Gasteiger partial charge in [-0.1, -0.05) is 26.0 Å². The maximum absolute atomic E-state index is 13.1. The van der Waals surface area contributed by atoms with Gasteiger partial charge in [0.15, 0.2) is 0 Å². The number of aliphatic hydroxyl groups excluding tert-OH is 1. The van der Waals surface area contributed by atoms with Gasteiger partial charge in [-0.25, -0.2) is 9.37 Å². The lowest BCUT2D eigenvalue weighted by Crippen LogP contribution is -2.27. The van der Waals surface area contributed by atoms with Gasteiger partial charge in [-0.05, 0) is 17.7 Å². The molecule has 124 valence electrons. The second-order valence-electron chi connectivity index (χ2n) is 5.71. The minimum atomic E-state index is -1.00. The molecule has 0 saturated heterocycles. The summed E-state index contributed by atoms with van der Waals surface area (Å²) >= 11 is 1.63. The van der Waals surface area contributed by atoms with Gasteiger partial charge in [0.1, 0.15) is 5.82 Å². The van der Waals surface area contributed by atoms with Crippen molar-refractivity contribution in [2.45, 2.75) is 38.7 Å². The molecule has 1 aromatic carbocycles. The second kappa shape index (κ2) is 8.17. The van der Waals surface area contributed by atoms with Gasteiger partial charge in [-0.15, -0.1) is 11.3 Å². The lowest BCUT2D eigenvalue weighted by atomic mass is 10.1. The van der Waals surface area contributed by atoms with Crippen molar-refractivity contribution in [1.29, 1.82) is 0 Å². The van der Waals surface area contributed by atoms with Gasteiger partial charge in [0.2, 0.25) is 5.91 Å². The molecule has 0 aliphatic heterocycles. The van der Waals surface area contributed by atoms with Crippen LogP contribution in [-0.4, -0.2) is 22.5 Å². The van der Waals surface area contributed by atoms with Gasteiger partial charge in [-0.2, -0.15) is 0 Å². The number of amides is 1. The van der Waals surface area contributed by atoms with Gasteiger partial charge >= 0.3 is 0 Å². The van der Waals surface area contributed by atoms with Crippen molar-refractivity contribution < 1.29 is 14.3 Å². The third-order valence-electron chi connectivity index (χ3n) is 3.38. The van der Waals surface area contributed by atoms with Crippen LogP contribution in [0, 0.1) is 5.82 Å². The van der Waals surface area contributed by atoms with Gasteiger partial charge in [-0.3, -0.25) is 4.79 Å². The van der Waals surface area contributed by atoms with Crippen LogP contribution in [0.1, 0.15) is 48.6 Å². The highest BCUT2D eigenvalue weighted by Gasteiger charge is 2.13. The Kier molecular flexibility index (Phi) is 6.24. The lowest BCUT2D eigenvalue weighted by Gasteiger charge is -2.11. The first-order chi connectivity index (χ1) is 11.0. The van der Waals surface area contributed by atoms with E-state index in [9.17, 15) is 14.3 Å². The van der Waals surface area contributed by atoms with Gasteiger partial charge in [0.25, 0.3) is 0 Å². The van der Waals surface area contributed by atoms with Crippen LogP contribution in [0.25, 0.3) is 0 Å². The van der Waals surface area contributed by atoms with Crippen LogP contribution in [0.2, 0.25) is 0 Å². The Morgan fingerprint density at radius 1 is 1.43 bits per heavy atom. The second-order valence-corrected chi connectivity index (χ2v) is 6.60. The first-order valence-corrected chi connectivity index (χ1v) is 8.48. The molecule has 2 N–H and O–H groups in total. The van der Waals surface area contributed by atoms with Gasteiger partial charge in [0, 0.05) is 24.3 Å². The fourth-order valence-electron chi connectivity index (χ4n) is 2.11. The van der Waals surface area contributed by atoms with Crippen LogP contribution in [0.4, 0.5) is 4.39 Å². The molecule has 0 spiro atoms. The first kappa shape index (κ1) is 17.6. The van der Waals surface area contributed by atoms with Crippen LogP contribution in [0.15, 0.2) is 29.6 Å². The number of aliphatic hydroxyl groups is 1. The number of hydrogen-bond donors (Lipinski definition) is 2. The zero-order valence-corrected chi connectivity index (χ0v) is 14.1. The molecule has 2 aromatic rings. The minimum absolute atomic E-state index is 0.0856. The third-order valence-corrected chi connectivity index (χ3v) is 4.57. The van der Waals surface area contributed by atoms with E-state index in [4.69, 9.17) is 0 Å². The van der Waals surface area contributed by atoms with Crippen molar-refractivity contribution >= 4 is 17.2 Å². The zero-order valence-electron chi connectivity index (χ0n) is 13.3. The van der Waals surface area contributed by atoms with Crippen molar-refractivity contribution in [1.82, 2.24) is 10.3 Å². The van der Waals surface area contributed by atoms with Crippen molar-refractivity contribution in [3.63, 3.8) is 0 Å². The number of halogens is 1. The van der Waals surface area contributed by atoms with E-state index in [-0.39, 0.29) is 12.3 Å². The molecule has 0 radical (unpaired) electrons. The predicted molar refractivity (Wildman–Crippen MR) is 88.9 cm³/mol. The molecule has 1 heterocycles. The number of nitrogens with one attached hydrogen (secondary N) is 1. The van der Waals surface area contributed by atoms with E-state index < -0.39 is 11.9 Å². The summed E-state index contributed by atoms with van der Waals surface area (Å²) in [6.07, 6.45) is -0.430. The van der Waals surface area contributed by atoms with Crippen LogP contribution in [0.5, 0.6) is 0 Å². The first-order valence-electron chi connectivity index (χ1n) is 7.60. The number of rotatable bonds is 7. The highest BCUT2D eigenvalue weighted by atomic mass is 32.1. The van der Waals surface area contributed by atoms with Crippen LogP contribution in [0.3, 0.4) is 0 Å². The van der Waals surface area contributed by atoms with Crippen molar-refractivity contribution in [3.8, 4) is 0 Å². The zero-order chi connectivity index (χ0) is 16.8. The number of benzene rings is 1. The van der Waals surface area contributed by atoms with E-state index in [1.807, 2.05) is 5.38 Å². The van der Waals surface area contributed by atoms with E-state index >= 15 is 0 Å². The molecule has 0 aliphatic carbocycles. The highest BCUT2D eigenvalue weighted by Crippen LogP contribution is 2.19. The molecule has 6 heteroatoms. The summed E-state index contributed by atoms with van der Waals surface area (Å²) in [6, 6.07) is 5.65. The largest absolute Gasteiger partial charge is 0.388 e. The van der Waals surface area contributed by atoms with Crippen LogP contribution < -0.4 is 5.32 Å². The molecule has 0 fully saturated rings. The number of thiazole rings is 1. The Morgan fingerprint density at radius 3 is 2.87 bits per heavy atom.